The molecule has 98 valence electrons. The van der Waals surface area contributed by atoms with Gasteiger partial charge in [0.2, 0.25) is 0 Å². The van der Waals surface area contributed by atoms with Gasteiger partial charge >= 0.3 is 0 Å². The van der Waals surface area contributed by atoms with E-state index in [1.54, 1.807) is 0 Å². The maximum atomic E-state index is 8.73. The van der Waals surface area contributed by atoms with E-state index in [-0.39, 0.29) is 0 Å². The van der Waals surface area contributed by atoms with Gasteiger partial charge in [0.25, 0.3) is 0 Å². The second-order valence-electron chi connectivity index (χ2n) is 4.30. The monoisotopic (exact) mass is 254 g/mol. The first-order chi connectivity index (χ1) is 9.36. The van der Waals surface area contributed by atoms with E-state index in [9.17, 15) is 0 Å². The molecule has 1 heterocycles. The molecule has 1 aromatic carbocycles. The van der Waals surface area contributed by atoms with Crippen LogP contribution in [0, 0.1) is 11.3 Å². The molecule has 1 N–H and O–H groups in total. The van der Waals surface area contributed by atoms with Gasteiger partial charge in [-0.3, -0.25) is 4.68 Å². The Morgan fingerprint density at radius 3 is 2.79 bits per heavy atom. The summed E-state index contributed by atoms with van der Waals surface area (Å²) in [6.07, 6.45) is 2.37. The molecule has 2 aromatic rings. The van der Waals surface area contributed by atoms with Crippen molar-refractivity contribution >= 4 is 0 Å². The van der Waals surface area contributed by atoms with Crippen LogP contribution in [0.4, 0.5) is 0 Å². The van der Waals surface area contributed by atoms with Crippen molar-refractivity contribution in [1.29, 1.82) is 5.26 Å². The summed E-state index contributed by atoms with van der Waals surface area (Å²) in [7, 11) is 0. The number of nitrogens with zero attached hydrogens (tertiary/aromatic N) is 3. The van der Waals surface area contributed by atoms with Crippen LogP contribution >= 0.6 is 0 Å². The Morgan fingerprint density at radius 1 is 1.32 bits per heavy atom. The molecular weight excluding hydrogens is 236 g/mol. The van der Waals surface area contributed by atoms with Crippen molar-refractivity contribution < 1.29 is 0 Å². The summed E-state index contributed by atoms with van der Waals surface area (Å²) >= 11 is 0. The van der Waals surface area contributed by atoms with Gasteiger partial charge in [-0.1, -0.05) is 37.3 Å². The zero-order chi connectivity index (χ0) is 13.5. The normalized spacial score (nSPS) is 10.3. The van der Waals surface area contributed by atoms with Crippen LogP contribution in [0.2, 0.25) is 0 Å². The Hall–Kier alpha value is -2.12. The van der Waals surface area contributed by atoms with Gasteiger partial charge in [-0.25, -0.2) is 0 Å². The average molecular weight is 254 g/mol. The summed E-state index contributed by atoms with van der Waals surface area (Å²) in [4.78, 5) is 0. The standard InChI is InChI=1S/C15H18N4/c1-2-17-11-14-12-18-19(10-6-9-16)15(14)13-7-4-3-5-8-13/h3-5,7-8,12,17H,2,6,10-11H2,1H3. The van der Waals surface area contributed by atoms with Gasteiger partial charge in [0.1, 0.15) is 0 Å². The first-order valence-corrected chi connectivity index (χ1v) is 6.54. The van der Waals surface area contributed by atoms with Crippen LogP contribution in [0.3, 0.4) is 0 Å². The van der Waals surface area contributed by atoms with Crippen molar-refractivity contribution in [2.75, 3.05) is 6.54 Å². The summed E-state index contributed by atoms with van der Waals surface area (Å²) in [6.45, 7) is 4.44. The van der Waals surface area contributed by atoms with E-state index < -0.39 is 0 Å². The molecule has 0 fully saturated rings. The molecule has 0 aliphatic carbocycles. The van der Waals surface area contributed by atoms with Gasteiger partial charge in [0, 0.05) is 17.7 Å². The number of rotatable bonds is 6. The zero-order valence-corrected chi connectivity index (χ0v) is 11.1. The molecule has 0 atom stereocenters. The van der Waals surface area contributed by atoms with Gasteiger partial charge < -0.3 is 5.32 Å². The third kappa shape index (κ3) is 3.21. The molecule has 0 radical (unpaired) electrons. The number of hydrogen-bond acceptors (Lipinski definition) is 3. The quantitative estimate of drug-likeness (QED) is 0.862. The highest BCUT2D eigenvalue weighted by Crippen LogP contribution is 2.23. The first kappa shape index (κ1) is 13.3. The van der Waals surface area contributed by atoms with Crippen molar-refractivity contribution in [1.82, 2.24) is 15.1 Å². The van der Waals surface area contributed by atoms with Crippen LogP contribution in [0.5, 0.6) is 0 Å². The number of aromatic nitrogens is 2. The SMILES string of the molecule is CCNCc1cnn(CCC#N)c1-c1ccccc1. The lowest BCUT2D eigenvalue weighted by Crippen LogP contribution is -2.12. The van der Waals surface area contributed by atoms with Crippen LogP contribution in [0.15, 0.2) is 36.5 Å². The number of hydrogen-bond donors (Lipinski definition) is 1. The largest absolute Gasteiger partial charge is 0.313 e. The Bertz CT molecular complexity index is 551. The van der Waals surface area contributed by atoms with Gasteiger partial charge in [-0.15, -0.1) is 0 Å². The first-order valence-electron chi connectivity index (χ1n) is 6.54. The fourth-order valence-corrected chi connectivity index (χ4v) is 2.07. The van der Waals surface area contributed by atoms with E-state index in [0.717, 1.165) is 24.3 Å². The molecule has 0 aliphatic rings. The summed E-state index contributed by atoms with van der Waals surface area (Å²) in [6, 6.07) is 12.4. The molecule has 0 bridgehead atoms. The highest BCUT2D eigenvalue weighted by molar-refractivity contribution is 5.63. The summed E-state index contributed by atoms with van der Waals surface area (Å²) < 4.78 is 1.92. The van der Waals surface area contributed by atoms with Crippen molar-refractivity contribution in [2.45, 2.75) is 26.4 Å². The molecule has 0 spiro atoms. The molecule has 0 amide bonds. The highest BCUT2D eigenvalue weighted by Gasteiger charge is 2.12. The maximum absolute atomic E-state index is 8.73. The third-order valence-electron chi connectivity index (χ3n) is 2.96. The minimum atomic E-state index is 0.474. The molecule has 0 saturated heterocycles. The summed E-state index contributed by atoms with van der Waals surface area (Å²) in [5, 5.41) is 16.5. The molecule has 0 unspecified atom stereocenters. The van der Waals surface area contributed by atoms with Crippen LogP contribution in [-0.4, -0.2) is 16.3 Å². The Balaban J connectivity index is 2.35. The average Bonchev–Trinajstić information content (AvgIpc) is 2.86. The van der Waals surface area contributed by atoms with Crippen LogP contribution in [-0.2, 0) is 13.1 Å². The maximum Gasteiger partial charge on any atom is 0.0727 e. The van der Waals surface area contributed by atoms with Crippen molar-refractivity contribution in [3.05, 3.63) is 42.1 Å². The molecule has 2 rings (SSSR count). The molecule has 0 aliphatic heterocycles. The van der Waals surface area contributed by atoms with Crippen LogP contribution in [0.25, 0.3) is 11.3 Å². The number of nitrogens with one attached hydrogen (secondary N) is 1. The number of nitriles is 1. The second kappa shape index (κ2) is 6.72. The fraction of sp³-hybridized carbons (Fsp3) is 0.333. The fourth-order valence-electron chi connectivity index (χ4n) is 2.07. The summed E-state index contributed by atoms with van der Waals surface area (Å²) in [5.74, 6) is 0. The van der Waals surface area contributed by atoms with E-state index in [1.165, 1.54) is 5.56 Å². The predicted octanol–water partition coefficient (Wildman–Crippen LogP) is 2.57. The lowest BCUT2D eigenvalue weighted by Gasteiger charge is -2.09. The van der Waals surface area contributed by atoms with Crippen molar-refractivity contribution in [3.63, 3.8) is 0 Å². The topological polar surface area (TPSA) is 53.6 Å². The zero-order valence-electron chi connectivity index (χ0n) is 11.1. The molecule has 19 heavy (non-hydrogen) atoms. The second-order valence-corrected chi connectivity index (χ2v) is 4.30. The molecule has 0 saturated carbocycles. The number of benzene rings is 1. The lowest BCUT2D eigenvalue weighted by molar-refractivity contribution is 0.633. The van der Waals surface area contributed by atoms with E-state index in [4.69, 9.17) is 5.26 Å². The van der Waals surface area contributed by atoms with Gasteiger partial charge in [-0.05, 0) is 6.54 Å². The minimum Gasteiger partial charge on any atom is -0.313 e. The Kier molecular flexibility index (Phi) is 4.71. The molecule has 4 nitrogen and oxygen atoms in total. The third-order valence-corrected chi connectivity index (χ3v) is 2.96. The minimum absolute atomic E-state index is 0.474. The van der Waals surface area contributed by atoms with Crippen LogP contribution in [0.1, 0.15) is 18.9 Å². The van der Waals surface area contributed by atoms with E-state index >= 15 is 0 Å². The Labute approximate surface area is 113 Å². The van der Waals surface area contributed by atoms with Gasteiger partial charge in [0.15, 0.2) is 0 Å². The van der Waals surface area contributed by atoms with E-state index in [2.05, 4.69) is 35.5 Å². The van der Waals surface area contributed by atoms with Gasteiger partial charge in [-0.2, -0.15) is 10.4 Å². The predicted molar refractivity (Wildman–Crippen MR) is 75.3 cm³/mol. The summed E-state index contributed by atoms with van der Waals surface area (Å²) in [5.41, 5.74) is 3.42. The molecule has 4 heteroatoms. The van der Waals surface area contributed by atoms with E-state index in [0.29, 0.717) is 13.0 Å². The van der Waals surface area contributed by atoms with Gasteiger partial charge in [0.05, 0.1) is 30.9 Å². The van der Waals surface area contributed by atoms with Crippen molar-refractivity contribution in [2.24, 2.45) is 0 Å². The van der Waals surface area contributed by atoms with Crippen LogP contribution < -0.4 is 5.32 Å². The highest BCUT2D eigenvalue weighted by atomic mass is 15.3. The Morgan fingerprint density at radius 2 is 2.11 bits per heavy atom. The lowest BCUT2D eigenvalue weighted by atomic mass is 10.1. The number of aryl methyl sites for hydroxylation is 1. The smallest absolute Gasteiger partial charge is 0.0727 e. The molecule has 1 aromatic heterocycles. The molecular formula is C15H18N4. The van der Waals surface area contributed by atoms with E-state index in [1.807, 2.05) is 29.1 Å². The van der Waals surface area contributed by atoms with Crippen molar-refractivity contribution in [3.8, 4) is 17.3 Å².